The van der Waals surface area contributed by atoms with E-state index in [1.165, 1.54) is 6.92 Å². The SMILES string of the molecule is C=C[C@@]1(C)CC(=O)[C@H]2[C@](C)(O1)[C@@H](OC(C)=O)[C@@H](O)C1C(C)(C)CC[C@H](O)[C@@]12C. The molecule has 0 aromatic rings. The number of rotatable bonds is 2. The fourth-order valence-corrected chi connectivity index (χ4v) is 6.77. The van der Waals surface area contributed by atoms with Gasteiger partial charge in [0, 0.05) is 24.7 Å². The number of aliphatic hydroxyl groups excluding tert-OH is 2. The van der Waals surface area contributed by atoms with E-state index in [2.05, 4.69) is 6.58 Å². The molecule has 0 aromatic heterocycles. The van der Waals surface area contributed by atoms with Crippen molar-refractivity contribution in [2.45, 2.75) is 90.3 Å². The predicted molar refractivity (Wildman–Crippen MR) is 103 cm³/mol. The van der Waals surface area contributed by atoms with Crippen molar-refractivity contribution in [1.29, 1.82) is 0 Å². The highest BCUT2D eigenvalue weighted by Crippen LogP contribution is 2.65. The maximum atomic E-state index is 13.5. The number of Topliss-reactive ketones (excluding diaryl/α,β-unsaturated/α-hetero) is 1. The molecule has 8 atom stereocenters. The van der Waals surface area contributed by atoms with Crippen LogP contribution in [0.5, 0.6) is 0 Å². The van der Waals surface area contributed by atoms with Crippen molar-refractivity contribution in [2.75, 3.05) is 0 Å². The molecular formula is C22H34O6. The standard InChI is InChI=1S/C22H34O6/c1-8-20(5)11-13(24)16-21(6)14(25)9-10-19(3,4)17(21)15(26)18(27-12(2)23)22(16,7)28-20/h8,14-18,25-26H,1,9-11H2,2-7H3/t14-,15-,16+,17?,18-,20-,21+,22-/m0/s1. The Morgan fingerprint density at radius 3 is 2.39 bits per heavy atom. The first kappa shape index (κ1) is 21.5. The van der Waals surface area contributed by atoms with Crippen LogP contribution < -0.4 is 0 Å². The Labute approximate surface area is 167 Å². The zero-order valence-corrected chi connectivity index (χ0v) is 17.8. The van der Waals surface area contributed by atoms with Gasteiger partial charge in [0.15, 0.2) is 6.10 Å². The lowest BCUT2D eigenvalue weighted by Crippen LogP contribution is -2.77. The van der Waals surface area contributed by atoms with Crippen LogP contribution in [0.1, 0.15) is 60.8 Å². The number of ketones is 1. The van der Waals surface area contributed by atoms with Crippen LogP contribution in [-0.2, 0) is 19.1 Å². The van der Waals surface area contributed by atoms with Gasteiger partial charge in [-0.3, -0.25) is 9.59 Å². The Bertz CT molecular complexity index is 701. The molecule has 3 fully saturated rings. The van der Waals surface area contributed by atoms with Crippen molar-refractivity contribution in [3.8, 4) is 0 Å². The zero-order valence-electron chi connectivity index (χ0n) is 17.8. The molecule has 1 aliphatic heterocycles. The molecule has 6 heteroatoms. The molecule has 2 aliphatic carbocycles. The van der Waals surface area contributed by atoms with Gasteiger partial charge in [-0.25, -0.2) is 0 Å². The third-order valence-corrected chi connectivity index (χ3v) is 7.73. The highest BCUT2D eigenvalue weighted by atomic mass is 16.6. The Morgan fingerprint density at radius 2 is 1.86 bits per heavy atom. The second-order valence-corrected chi connectivity index (χ2v) is 10.3. The van der Waals surface area contributed by atoms with E-state index >= 15 is 0 Å². The van der Waals surface area contributed by atoms with E-state index in [0.29, 0.717) is 12.8 Å². The average molecular weight is 395 g/mol. The number of aliphatic hydroxyl groups is 2. The summed E-state index contributed by atoms with van der Waals surface area (Å²) in [6.07, 6.45) is 0.128. The summed E-state index contributed by atoms with van der Waals surface area (Å²) < 4.78 is 12.0. The summed E-state index contributed by atoms with van der Waals surface area (Å²) in [4.78, 5) is 25.4. The maximum Gasteiger partial charge on any atom is 0.303 e. The van der Waals surface area contributed by atoms with Crippen molar-refractivity contribution in [3.63, 3.8) is 0 Å². The molecule has 3 aliphatic rings. The van der Waals surface area contributed by atoms with E-state index in [-0.39, 0.29) is 17.6 Å². The number of carbonyl (C=O) groups is 2. The molecule has 1 saturated heterocycles. The number of esters is 1. The van der Waals surface area contributed by atoms with Crippen molar-refractivity contribution >= 4 is 11.8 Å². The van der Waals surface area contributed by atoms with E-state index < -0.39 is 52.7 Å². The van der Waals surface area contributed by atoms with E-state index in [0.717, 1.165) is 0 Å². The maximum absolute atomic E-state index is 13.5. The molecule has 158 valence electrons. The van der Waals surface area contributed by atoms with Gasteiger partial charge in [-0.2, -0.15) is 0 Å². The summed E-state index contributed by atoms with van der Waals surface area (Å²) in [5.41, 5.74) is -3.44. The first-order valence-electron chi connectivity index (χ1n) is 10.1. The van der Waals surface area contributed by atoms with Crippen molar-refractivity contribution in [1.82, 2.24) is 0 Å². The summed E-state index contributed by atoms with van der Waals surface area (Å²) >= 11 is 0. The summed E-state index contributed by atoms with van der Waals surface area (Å²) in [6, 6.07) is 0. The minimum atomic E-state index is -1.27. The summed E-state index contributed by atoms with van der Waals surface area (Å²) in [6.45, 7) is 14.6. The van der Waals surface area contributed by atoms with Crippen LogP contribution in [0.25, 0.3) is 0 Å². The van der Waals surface area contributed by atoms with Gasteiger partial charge in [-0.05, 0) is 32.1 Å². The van der Waals surface area contributed by atoms with Crippen LogP contribution in [0.3, 0.4) is 0 Å². The topological polar surface area (TPSA) is 93.1 Å². The van der Waals surface area contributed by atoms with Gasteiger partial charge in [-0.15, -0.1) is 6.58 Å². The number of hydrogen-bond donors (Lipinski definition) is 2. The monoisotopic (exact) mass is 394 g/mol. The van der Waals surface area contributed by atoms with Crippen molar-refractivity contribution < 1.29 is 29.3 Å². The van der Waals surface area contributed by atoms with E-state index in [9.17, 15) is 19.8 Å². The molecule has 2 saturated carbocycles. The van der Waals surface area contributed by atoms with E-state index in [1.807, 2.05) is 20.8 Å². The fourth-order valence-electron chi connectivity index (χ4n) is 6.77. The summed E-state index contributed by atoms with van der Waals surface area (Å²) in [7, 11) is 0. The Morgan fingerprint density at radius 1 is 1.25 bits per heavy atom. The molecule has 0 radical (unpaired) electrons. The van der Waals surface area contributed by atoms with Crippen molar-refractivity contribution in [2.24, 2.45) is 22.7 Å². The Kier molecular flexibility index (Phi) is 4.89. The van der Waals surface area contributed by atoms with Gasteiger partial charge in [0.1, 0.15) is 11.4 Å². The fraction of sp³-hybridized carbons (Fsp3) is 0.818. The van der Waals surface area contributed by atoms with Crippen LogP contribution in [0.2, 0.25) is 0 Å². The minimum absolute atomic E-state index is 0.0514. The van der Waals surface area contributed by atoms with Crippen LogP contribution in [0.4, 0.5) is 0 Å². The molecule has 0 aromatic carbocycles. The van der Waals surface area contributed by atoms with E-state index in [1.54, 1.807) is 19.9 Å². The first-order chi connectivity index (χ1) is 12.7. The third-order valence-electron chi connectivity index (χ3n) is 7.73. The molecule has 6 nitrogen and oxygen atoms in total. The number of ether oxygens (including phenoxy) is 2. The second-order valence-electron chi connectivity index (χ2n) is 10.3. The van der Waals surface area contributed by atoms with Crippen molar-refractivity contribution in [3.05, 3.63) is 12.7 Å². The molecule has 2 N–H and O–H groups in total. The van der Waals surface area contributed by atoms with E-state index in [4.69, 9.17) is 9.47 Å². The number of hydrogen-bond acceptors (Lipinski definition) is 6. The highest BCUT2D eigenvalue weighted by molar-refractivity contribution is 5.86. The smallest absolute Gasteiger partial charge is 0.303 e. The first-order valence-corrected chi connectivity index (χ1v) is 10.1. The second kappa shape index (κ2) is 6.38. The Hall–Kier alpha value is -1.24. The number of carbonyl (C=O) groups excluding carboxylic acids is 2. The molecule has 1 unspecified atom stereocenters. The summed E-state index contributed by atoms with van der Waals surface area (Å²) in [5, 5.41) is 22.6. The molecule has 3 rings (SSSR count). The zero-order chi connectivity index (χ0) is 21.3. The van der Waals surface area contributed by atoms with Crippen LogP contribution in [0, 0.1) is 22.7 Å². The minimum Gasteiger partial charge on any atom is -0.457 e. The molecule has 0 bridgehead atoms. The van der Waals surface area contributed by atoms with Crippen LogP contribution >= 0.6 is 0 Å². The summed E-state index contributed by atoms with van der Waals surface area (Å²) in [5.74, 6) is -1.72. The lowest BCUT2D eigenvalue weighted by Gasteiger charge is -2.68. The van der Waals surface area contributed by atoms with Gasteiger partial charge in [0.2, 0.25) is 0 Å². The molecule has 28 heavy (non-hydrogen) atoms. The Balaban J connectivity index is 2.24. The molecule has 1 heterocycles. The number of fused-ring (bicyclic) bond motifs is 3. The normalized spacial score (nSPS) is 50.3. The van der Waals surface area contributed by atoms with Crippen LogP contribution in [0.15, 0.2) is 12.7 Å². The molecule has 0 amide bonds. The molecular weight excluding hydrogens is 360 g/mol. The van der Waals surface area contributed by atoms with Crippen LogP contribution in [-0.4, -0.2) is 51.5 Å². The predicted octanol–water partition coefficient (Wildman–Crippen LogP) is 2.41. The van der Waals surface area contributed by atoms with Gasteiger partial charge in [0.25, 0.3) is 0 Å². The van der Waals surface area contributed by atoms with Gasteiger partial charge >= 0.3 is 5.97 Å². The molecule has 0 spiro atoms. The highest BCUT2D eigenvalue weighted by Gasteiger charge is 2.73. The average Bonchev–Trinajstić information content (AvgIpc) is 2.54. The lowest BCUT2D eigenvalue weighted by atomic mass is 9.41. The third kappa shape index (κ3) is 2.79. The van der Waals surface area contributed by atoms with Gasteiger partial charge in [-0.1, -0.05) is 26.8 Å². The van der Waals surface area contributed by atoms with Gasteiger partial charge in [0.05, 0.1) is 23.7 Å². The van der Waals surface area contributed by atoms with Gasteiger partial charge < -0.3 is 19.7 Å². The lowest BCUT2D eigenvalue weighted by molar-refractivity contribution is -0.321. The largest absolute Gasteiger partial charge is 0.457 e. The quantitative estimate of drug-likeness (QED) is 0.552.